The van der Waals surface area contributed by atoms with Crippen molar-refractivity contribution in [1.29, 1.82) is 0 Å². The molecular formula is C13H13ClFN3O2S. The van der Waals surface area contributed by atoms with Crippen molar-refractivity contribution in [3.63, 3.8) is 0 Å². The average Bonchev–Trinajstić information content (AvgIpc) is 2.78. The molecule has 2 aromatic rings. The van der Waals surface area contributed by atoms with Crippen LogP contribution >= 0.6 is 23.4 Å². The fourth-order valence-corrected chi connectivity index (χ4v) is 2.68. The minimum absolute atomic E-state index is 0.0405. The SMILES string of the molecule is CC(C)c1nnc(SCC(=O)O)n1-c1cc(F)cc(Cl)c1. The first-order valence-electron chi connectivity index (χ1n) is 6.15. The number of hydrogen-bond donors (Lipinski definition) is 1. The summed E-state index contributed by atoms with van der Waals surface area (Å²) in [6.07, 6.45) is 0. The lowest BCUT2D eigenvalue weighted by Gasteiger charge is -2.12. The number of halogens is 2. The van der Waals surface area contributed by atoms with Crippen molar-refractivity contribution in [2.45, 2.75) is 24.9 Å². The molecule has 21 heavy (non-hydrogen) atoms. The summed E-state index contributed by atoms with van der Waals surface area (Å²) in [6, 6.07) is 4.10. The standard InChI is InChI=1S/C13H13ClFN3O2S/c1-7(2)12-16-17-13(21-6-11(19)20)18(12)10-4-8(14)3-9(15)5-10/h3-5,7H,6H2,1-2H3,(H,19,20). The Balaban J connectivity index is 2.52. The van der Waals surface area contributed by atoms with Gasteiger partial charge in [0.25, 0.3) is 0 Å². The van der Waals surface area contributed by atoms with Crippen LogP contribution in [0, 0.1) is 5.82 Å². The summed E-state index contributed by atoms with van der Waals surface area (Å²) in [6.45, 7) is 3.85. The van der Waals surface area contributed by atoms with Crippen molar-refractivity contribution < 1.29 is 14.3 Å². The molecule has 1 aromatic carbocycles. The number of carbonyl (C=O) groups is 1. The van der Waals surface area contributed by atoms with Crippen molar-refractivity contribution in [3.8, 4) is 5.69 Å². The van der Waals surface area contributed by atoms with Gasteiger partial charge in [-0.1, -0.05) is 37.2 Å². The second-order valence-electron chi connectivity index (χ2n) is 4.64. The summed E-state index contributed by atoms with van der Waals surface area (Å²) in [7, 11) is 0. The van der Waals surface area contributed by atoms with E-state index in [4.69, 9.17) is 16.7 Å². The van der Waals surface area contributed by atoms with Crippen LogP contribution in [-0.4, -0.2) is 31.6 Å². The minimum atomic E-state index is -0.960. The molecule has 0 atom stereocenters. The van der Waals surface area contributed by atoms with Gasteiger partial charge >= 0.3 is 5.97 Å². The predicted octanol–water partition coefficient (Wildman–Crippen LogP) is 3.36. The number of aromatic nitrogens is 3. The Bertz CT molecular complexity index is 655. The molecule has 0 spiro atoms. The molecule has 0 amide bonds. The number of nitrogens with zero attached hydrogens (tertiary/aromatic N) is 3. The zero-order valence-electron chi connectivity index (χ0n) is 11.4. The molecule has 0 saturated heterocycles. The summed E-state index contributed by atoms with van der Waals surface area (Å²) in [4.78, 5) is 10.7. The predicted molar refractivity (Wildman–Crippen MR) is 78.8 cm³/mol. The van der Waals surface area contributed by atoms with Crippen LogP contribution in [0.5, 0.6) is 0 Å². The van der Waals surface area contributed by atoms with Crippen molar-refractivity contribution in [2.75, 3.05) is 5.75 Å². The van der Waals surface area contributed by atoms with Gasteiger partial charge in [0.2, 0.25) is 0 Å². The highest BCUT2D eigenvalue weighted by Gasteiger charge is 2.18. The van der Waals surface area contributed by atoms with E-state index < -0.39 is 11.8 Å². The Labute approximate surface area is 130 Å². The molecule has 0 unspecified atom stereocenters. The van der Waals surface area contributed by atoms with Crippen molar-refractivity contribution in [1.82, 2.24) is 14.8 Å². The van der Waals surface area contributed by atoms with E-state index in [1.54, 1.807) is 10.6 Å². The summed E-state index contributed by atoms with van der Waals surface area (Å²) in [5, 5.41) is 17.5. The van der Waals surface area contributed by atoms with Gasteiger partial charge in [-0.3, -0.25) is 9.36 Å². The summed E-state index contributed by atoms with van der Waals surface area (Å²) in [5.41, 5.74) is 0.474. The maximum absolute atomic E-state index is 13.6. The molecule has 5 nitrogen and oxygen atoms in total. The largest absolute Gasteiger partial charge is 0.481 e. The molecule has 1 heterocycles. The number of benzene rings is 1. The smallest absolute Gasteiger partial charge is 0.313 e. The molecule has 0 saturated carbocycles. The Hall–Kier alpha value is -1.60. The number of hydrogen-bond acceptors (Lipinski definition) is 4. The van der Waals surface area contributed by atoms with Gasteiger partial charge < -0.3 is 5.11 Å². The molecule has 8 heteroatoms. The van der Waals surface area contributed by atoms with E-state index in [-0.39, 0.29) is 16.7 Å². The number of rotatable bonds is 5. The molecule has 0 fully saturated rings. The zero-order chi connectivity index (χ0) is 15.6. The van der Waals surface area contributed by atoms with Gasteiger partial charge in [-0.15, -0.1) is 10.2 Å². The molecule has 0 aliphatic rings. The molecule has 0 bridgehead atoms. The lowest BCUT2D eigenvalue weighted by atomic mass is 10.2. The van der Waals surface area contributed by atoms with E-state index in [2.05, 4.69) is 10.2 Å². The highest BCUT2D eigenvalue weighted by molar-refractivity contribution is 7.99. The van der Waals surface area contributed by atoms with Crippen LogP contribution in [0.4, 0.5) is 4.39 Å². The fourth-order valence-electron chi connectivity index (χ4n) is 1.79. The third-order valence-corrected chi connectivity index (χ3v) is 3.74. The summed E-state index contributed by atoms with van der Waals surface area (Å²) < 4.78 is 15.2. The topological polar surface area (TPSA) is 68.0 Å². The van der Waals surface area contributed by atoms with Crippen molar-refractivity contribution in [3.05, 3.63) is 34.9 Å². The van der Waals surface area contributed by atoms with E-state index in [9.17, 15) is 9.18 Å². The van der Waals surface area contributed by atoms with Gasteiger partial charge in [0.15, 0.2) is 5.16 Å². The third-order valence-electron chi connectivity index (χ3n) is 2.61. The minimum Gasteiger partial charge on any atom is -0.481 e. The van der Waals surface area contributed by atoms with E-state index >= 15 is 0 Å². The Morgan fingerprint density at radius 1 is 1.43 bits per heavy atom. The van der Waals surface area contributed by atoms with Gasteiger partial charge in [-0.25, -0.2) is 4.39 Å². The second kappa shape index (κ2) is 6.44. The highest BCUT2D eigenvalue weighted by atomic mass is 35.5. The Morgan fingerprint density at radius 2 is 2.14 bits per heavy atom. The van der Waals surface area contributed by atoms with Crippen LogP contribution in [-0.2, 0) is 4.79 Å². The molecule has 0 aliphatic heterocycles. The fraction of sp³-hybridized carbons (Fsp3) is 0.308. The van der Waals surface area contributed by atoms with E-state index in [0.717, 1.165) is 11.8 Å². The molecular weight excluding hydrogens is 317 g/mol. The molecule has 0 aliphatic carbocycles. The van der Waals surface area contributed by atoms with Crippen LogP contribution in [0.3, 0.4) is 0 Å². The zero-order valence-corrected chi connectivity index (χ0v) is 13.0. The van der Waals surface area contributed by atoms with Crippen LogP contribution in [0.2, 0.25) is 5.02 Å². The van der Waals surface area contributed by atoms with Crippen LogP contribution in [0.25, 0.3) is 5.69 Å². The Morgan fingerprint density at radius 3 is 2.71 bits per heavy atom. The first-order chi connectivity index (χ1) is 9.88. The monoisotopic (exact) mass is 329 g/mol. The number of aliphatic carboxylic acids is 1. The van der Waals surface area contributed by atoms with E-state index in [0.29, 0.717) is 16.7 Å². The van der Waals surface area contributed by atoms with Crippen LogP contribution in [0.15, 0.2) is 23.4 Å². The maximum Gasteiger partial charge on any atom is 0.313 e. The highest BCUT2D eigenvalue weighted by Crippen LogP contribution is 2.27. The lowest BCUT2D eigenvalue weighted by Crippen LogP contribution is -2.06. The Kier molecular flexibility index (Phi) is 4.84. The molecule has 1 N–H and O–H groups in total. The normalized spacial score (nSPS) is 11.1. The lowest BCUT2D eigenvalue weighted by molar-refractivity contribution is -0.133. The molecule has 2 rings (SSSR count). The first kappa shape index (κ1) is 15.8. The van der Waals surface area contributed by atoms with Gasteiger partial charge in [0.05, 0.1) is 11.4 Å². The van der Waals surface area contributed by atoms with E-state index in [1.165, 1.54) is 12.1 Å². The second-order valence-corrected chi connectivity index (χ2v) is 6.02. The van der Waals surface area contributed by atoms with Crippen LogP contribution in [0.1, 0.15) is 25.6 Å². The molecule has 1 aromatic heterocycles. The number of carboxylic acids is 1. The van der Waals surface area contributed by atoms with Gasteiger partial charge in [0.1, 0.15) is 11.6 Å². The average molecular weight is 330 g/mol. The summed E-state index contributed by atoms with van der Waals surface area (Å²) >= 11 is 6.91. The van der Waals surface area contributed by atoms with Crippen molar-refractivity contribution in [2.24, 2.45) is 0 Å². The van der Waals surface area contributed by atoms with Gasteiger partial charge in [0, 0.05) is 10.9 Å². The number of carboxylic acid groups (broad SMARTS) is 1. The summed E-state index contributed by atoms with van der Waals surface area (Å²) in [5.74, 6) is -0.935. The molecule has 0 radical (unpaired) electrons. The van der Waals surface area contributed by atoms with Crippen molar-refractivity contribution >= 4 is 29.3 Å². The van der Waals surface area contributed by atoms with Crippen LogP contribution < -0.4 is 0 Å². The number of thioether (sulfide) groups is 1. The quantitative estimate of drug-likeness (QED) is 0.852. The molecule has 112 valence electrons. The maximum atomic E-state index is 13.6. The van der Waals surface area contributed by atoms with Gasteiger partial charge in [-0.05, 0) is 18.2 Å². The third kappa shape index (κ3) is 3.74. The van der Waals surface area contributed by atoms with E-state index in [1.807, 2.05) is 13.8 Å². The van der Waals surface area contributed by atoms with Gasteiger partial charge in [-0.2, -0.15) is 0 Å². The first-order valence-corrected chi connectivity index (χ1v) is 7.51.